The Bertz CT molecular complexity index is 369. The van der Waals surface area contributed by atoms with Gasteiger partial charge in [0.1, 0.15) is 0 Å². The number of piperidine rings is 1. The molecule has 3 N–H and O–H groups in total. The third-order valence-electron chi connectivity index (χ3n) is 3.94. The second kappa shape index (κ2) is 5.41. The number of benzene rings is 1. The van der Waals surface area contributed by atoms with Crippen LogP contribution in [0.2, 0.25) is 0 Å². The van der Waals surface area contributed by atoms with Crippen molar-refractivity contribution in [1.82, 2.24) is 5.32 Å². The summed E-state index contributed by atoms with van der Waals surface area (Å²) in [4.78, 5) is 0. The average Bonchev–Trinajstić information content (AvgIpc) is 2.38. The van der Waals surface area contributed by atoms with E-state index in [-0.39, 0.29) is 11.5 Å². The lowest BCUT2D eigenvalue weighted by atomic mass is 9.85. The van der Waals surface area contributed by atoms with Gasteiger partial charge in [0.15, 0.2) is 0 Å². The molecule has 1 aliphatic heterocycles. The van der Waals surface area contributed by atoms with Crippen molar-refractivity contribution in [2.45, 2.75) is 57.5 Å². The molecule has 1 aliphatic rings. The highest BCUT2D eigenvalue weighted by molar-refractivity contribution is 5.29. The Balaban J connectivity index is 2.09. The van der Waals surface area contributed by atoms with Gasteiger partial charge in [0.25, 0.3) is 0 Å². The molecule has 1 fully saturated rings. The molecule has 0 radical (unpaired) electrons. The predicted octanol–water partition coefficient (Wildman–Crippen LogP) is 3.13. The molecule has 18 heavy (non-hydrogen) atoms. The van der Waals surface area contributed by atoms with Crippen molar-refractivity contribution in [2.24, 2.45) is 5.73 Å². The van der Waals surface area contributed by atoms with Crippen molar-refractivity contribution >= 4 is 0 Å². The minimum atomic E-state index is 0.124. The first-order chi connectivity index (χ1) is 8.48. The Morgan fingerprint density at radius 1 is 1.17 bits per heavy atom. The minimum absolute atomic E-state index is 0.124. The third kappa shape index (κ3) is 3.12. The van der Waals surface area contributed by atoms with Gasteiger partial charge in [-0.25, -0.2) is 0 Å². The van der Waals surface area contributed by atoms with Crippen LogP contribution in [-0.2, 0) is 5.41 Å². The molecule has 0 spiro atoms. The van der Waals surface area contributed by atoms with E-state index < -0.39 is 0 Å². The van der Waals surface area contributed by atoms with Gasteiger partial charge in [0.2, 0.25) is 0 Å². The summed E-state index contributed by atoms with van der Waals surface area (Å²) < 4.78 is 0. The monoisotopic (exact) mass is 246 g/mol. The molecule has 2 atom stereocenters. The summed E-state index contributed by atoms with van der Waals surface area (Å²) in [5.41, 5.74) is 9.20. The molecule has 2 heteroatoms. The van der Waals surface area contributed by atoms with Crippen LogP contribution >= 0.6 is 0 Å². The van der Waals surface area contributed by atoms with Crippen molar-refractivity contribution in [1.29, 1.82) is 0 Å². The van der Waals surface area contributed by atoms with E-state index >= 15 is 0 Å². The largest absolute Gasteiger partial charge is 0.323 e. The van der Waals surface area contributed by atoms with E-state index in [1.165, 1.54) is 30.4 Å². The lowest BCUT2D eigenvalue weighted by molar-refractivity contribution is 0.353. The third-order valence-corrected chi connectivity index (χ3v) is 3.94. The molecule has 0 bridgehead atoms. The number of hydrogen-bond acceptors (Lipinski definition) is 2. The first-order valence-corrected chi connectivity index (χ1v) is 7.08. The average molecular weight is 246 g/mol. The number of nitrogens with two attached hydrogens (primary N) is 1. The summed E-state index contributed by atoms with van der Waals surface area (Å²) in [6.45, 7) is 7.83. The van der Waals surface area contributed by atoms with Crippen LogP contribution in [-0.4, -0.2) is 12.6 Å². The topological polar surface area (TPSA) is 38.0 Å². The molecule has 1 aromatic carbocycles. The molecule has 0 aliphatic carbocycles. The summed E-state index contributed by atoms with van der Waals surface area (Å²) >= 11 is 0. The van der Waals surface area contributed by atoms with Gasteiger partial charge in [0, 0.05) is 12.1 Å². The minimum Gasteiger partial charge on any atom is -0.323 e. The summed E-state index contributed by atoms with van der Waals surface area (Å²) in [6, 6.07) is 9.40. The number of hydrogen-bond donors (Lipinski definition) is 2. The Morgan fingerprint density at radius 3 is 2.33 bits per heavy atom. The van der Waals surface area contributed by atoms with Crippen LogP contribution in [0.3, 0.4) is 0 Å². The Morgan fingerprint density at radius 2 is 1.83 bits per heavy atom. The van der Waals surface area contributed by atoms with Crippen molar-refractivity contribution in [3.8, 4) is 0 Å². The molecule has 1 aromatic rings. The molecular formula is C16H26N2. The van der Waals surface area contributed by atoms with E-state index in [1.807, 2.05) is 0 Å². The SMILES string of the molecule is CC(C)(C)c1ccc(C(N)C2CCCCN2)cc1. The summed E-state index contributed by atoms with van der Waals surface area (Å²) in [6.07, 6.45) is 3.78. The molecule has 100 valence electrons. The predicted molar refractivity (Wildman–Crippen MR) is 77.7 cm³/mol. The fraction of sp³-hybridized carbons (Fsp3) is 0.625. The van der Waals surface area contributed by atoms with Crippen molar-refractivity contribution in [3.05, 3.63) is 35.4 Å². The number of rotatable bonds is 2. The molecule has 0 saturated carbocycles. The van der Waals surface area contributed by atoms with Crippen molar-refractivity contribution < 1.29 is 0 Å². The highest BCUT2D eigenvalue weighted by Gasteiger charge is 2.21. The van der Waals surface area contributed by atoms with Gasteiger partial charge in [-0.3, -0.25) is 0 Å². The maximum atomic E-state index is 6.37. The van der Waals surface area contributed by atoms with Gasteiger partial charge in [-0.05, 0) is 35.9 Å². The van der Waals surface area contributed by atoms with E-state index in [2.05, 4.69) is 50.4 Å². The molecular weight excluding hydrogens is 220 g/mol. The normalized spacial score (nSPS) is 22.8. The molecule has 0 amide bonds. The zero-order valence-electron chi connectivity index (χ0n) is 11.9. The second-order valence-corrected chi connectivity index (χ2v) is 6.45. The summed E-state index contributed by atoms with van der Waals surface area (Å²) in [5, 5.41) is 3.54. The fourth-order valence-electron chi connectivity index (χ4n) is 2.62. The first kappa shape index (κ1) is 13.6. The lowest BCUT2D eigenvalue weighted by Gasteiger charge is -2.29. The Labute approximate surface area is 111 Å². The van der Waals surface area contributed by atoms with Crippen LogP contribution in [0.15, 0.2) is 24.3 Å². The van der Waals surface area contributed by atoms with E-state index in [1.54, 1.807) is 0 Å². The molecule has 1 saturated heterocycles. The smallest absolute Gasteiger partial charge is 0.0450 e. The molecule has 2 rings (SSSR count). The van der Waals surface area contributed by atoms with Gasteiger partial charge >= 0.3 is 0 Å². The lowest BCUT2D eigenvalue weighted by Crippen LogP contribution is -2.42. The fourth-order valence-corrected chi connectivity index (χ4v) is 2.62. The van der Waals surface area contributed by atoms with Gasteiger partial charge < -0.3 is 11.1 Å². The molecule has 0 aromatic heterocycles. The molecule has 2 nitrogen and oxygen atoms in total. The van der Waals surface area contributed by atoms with E-state index in [0.717, 1.165) is 6.54 Å². The molecule has 1 heterocycles. The van der Waals surface area contributed by atoms with Crippen LogP contribution in [0.4, 0.5) is 0 Å². The Kier molecular flexibility index (Phi) is 4.08. The highest BCUT2D eigenvalue weighted by atomic mass is 15.0. The van der Waals surface area contributed by atoms with Crippen LogP contribution in [0.5, 0.6) is 0 Å². The quantitative estimate of drug-likeness (QED) is 0.841. The maximum absolute atomic E-state index is 6.37. The first-order valence-electron chi connectivity index (χ1n) is 7.08. The van der Waals surface area contributed by atoms with Gasteiger partial charge in [-0.2, -0.15) is 0 Å². The van der Waals surface area contributed by atoms with Gasteiger partial charge in [-0.1, -0.05) is 51.5 Å². The van der Waals surface area contributed by atoms with E-state index in [9.17, 15) is 0 Å². The van der Waals surface area contributed by atoms with Crippen molar-refractivity contribution in [2.75, 3.05) is 6.54 Å². The van der Waals surface area contributed by atoms with Crippen LogP contribution in [0.1, 0.15) is 57.2 Å². The molecule has 2 unspecified atom stereocenters. The van der Waals surface area contributed by atoms with Gasteiger partial charge in [-0.15, -0.1) is 0 Å². The van der Waals surface area contributed by atoms with Gasteiger partial charge in [0.05, 0.1) is 0 Å². The van der Waals surface area contributed by atoms with Crippen LogP contribution in [0.25, 0.3) is 0 Å². The zero-order valence-corrected chi connectivity index (χ0v) is 11.9. The maximum Gasteiger partial charge on any atom is 0.0450 e. The number of nitrogens with one attached hydrogen (secondary N) is 1. The standard InChI is InChI=1S/C16H26N2/c1-16(2,3)13-9-7-12(8-10-13)15(17)14-6-4-5-11-18-14/h7-10,14-15,18H,4-6,11,17H2,1-3H3. The zero-order chi connectivity index (χ0) is 13.2. The Hall–Kier alpha value is -0.860. The summed E-state index contributed by atoms with van der Waals surface area (Å²) in [7, 11) is 0. The highest BCUT2D eigenvalue weighted by Crippen LogP contribution is 2.25. The van der Waals surface area contributed by atoms with E-state index in [4.69, 9.17) is 5.73 Å². The summed E-state index contributed by atoms with van der Waals surface area (Å²) in [5.74, 6) is 0. The second-order valence-electron chi connectivity index (χ2n) is 6.45. The van der Waals surface area contributed by atoms with Crippen LogP contribution < -0.4 is 11.1 Å². The van der Waals surface area contributed by atoms with E-state index in [0.29, 0.717) is 6.04 Å². The van der Waals surface area contributed by atoms with Crippen molar-refractivity contribution in [3.63, 3.8) is 0 Å². The van der Waals surface area contributed by atoms with Crippen LogP contribution in [0, 0.1) is 0 Å².